The lowest BCUT2D eigenvalue weighted by atomic mass is 9.85. The topological polar surface area (TPSA) is 111 Å². The lowest BCUT2D eigenvalue weighted by Gasteiger charge is -2.33. The van der Waals surface area contributed by atoms with Crippen LogP contribution in [-0.4, -0.2) is 50.6 Å². The molecular formula is C23H33N3O6S. The summed E-state index contributed by atoms with van der Waals surface area (Å²) < 4.78 is 43.4. The third-order valence-electron chi connectivity index (χ3n) is 6.18. The molecule has 0 radical (unpaired) electrons. The number of methoxy groups -OCH3 is 1. The predicted molar refractivity (Wildman–Crippen MR) is 123 cm³/mol. The number of amides is 1. The average molecular weight is 480 g/mol. The Hall–Kier alpha value is -2.59. The van der Waals surface area contributed by atoms with E-state index in [2.05, 4.69) is 10.5 Å². The molecule has 1 aliphatic heterocycles. The molecule has 10 heteroatoms. The Labute approximate surface area is 195 Å². The van der Waals surface area contributed by atoms with Crippen molar-refractivity contribution in [1.29, 1.82) is 0 Å². The molecule has 1 aromatic carbocycles. The summed E-state index contributed by atoms with van der Waals surface area (Å²) in [5, 5.41) is 6.76. The molecule has 33 heavy (non-hydrogen) atoms. The zero-order valence-electron chi connectivity index (χ0n) is 19.9. The number of aromatic nitrogens is 1. The molecule has 0 unspecified atom stereocenters. The molecule has 1 saturated heterocycles. The number of sulfonamides is 1. The van der Waals surface area contributed by atoms with E-state index < -0.39 is 10.0 Å². The van der Waals surface area contributed by atoms with Crippen molar-refractivity contribution in [1.82, 2.24) is 14.8 Å². The Balaban J connectivity index is 1.55. The second kappa shape index (κ2) is 10.6. The fourth-order valence-electron chi connectivity index (χ4n) is 4.25. The van der Waals surface area contributed by atoms with E-state index in [0.717, 1.165) is 5.56 Å². The second-order valence-corrected chi connectivity index (χ2v) is 10.2. The molecule has 0 aliphatic carbocycles. The molecule has 1 aliphatic rings. The van der Waals surface area contributed by atoms with Crippen molar-refractivity contribution in [3.63, 3.8) is 0 Å². The molecule has 1 amide bonds. The normalized spacial score (nSPS) is 16.4. The summed E-state index contributed by atoms with van der Waals surface area (Å²) in [6, 6.07) is 5.59. The molecule has 9 nitrogen and oxygen atoms in total. The highest BCUT2D eigenvalue weighted by molar-refractivity contribution is 7.89. The zero-order chi connectivity index (χ0) is 24.2. The fraction of sp³-hybridized carbons (Fsp3) is 0.565. The van der Waals surface area contributed by atoms with Crippen LogP contribution in [0, 0.1) is 25.7 Å². The third kappa shape index (κ3) is 5.50. The van der Waals surface area contributed by atoms with E-state index >= 15 is 0 Å². The molecule has 1 N–H and O–H groups in total. The molecule has 182 valence electrons. The fourth-order valence-corrected chi connectivity index (χ4v) is 6.01. The van der Waals surface area contributed by atoms with Gasteiger partial charge in [-0.15, -0.1) is 0 Å². The summed E-state index contributed by atoms with van der Waals surface area (Å²) in [7, 11) is -2.07. The summed E-state index contributed by atoms with van der Waals surface area (Å²) in [6.45, 7) is 8.69. The van der Waals surface area contributed by atoms with Gasteiger partial charge >= 0.3 is 0 Å². The van der Waals surface area contributed by atoms with E-state index in [1.54, 1.807) is 21.0 Å². The number of rotatable bonds is 9. The highest BCUT2D eigenvalue weighted by Gasteiger charge is 2.36. The first kappa shape index (κ1) is 25.0. The van der Waals surface area contributed by atoms with Crippen LogP contribution in [0.25, 0.3) is 0 Å². The van der Waals surface area contributed by atoms with Crippen molar-refractivity contribution >= 4 is 15.9 Å². The van der Waals surface area contributed by atoms with Crippen LogP contribution in [0.3, 0.4) is 0 Å². The minimum Gasteiger partial charge on any atom is -0.493 e. The number of aryl methyl sites for hydroxylation is 2. The SMILES string of the molecule is CCOc1ccc(CNC(=O)[C@H](C)C2CCN(S(=O)(=O)c3c(C)noc3C)CC2)cc1OC. The van der Waals surface area contributed by atoms with Crippen molar-refractivity contribution in [2.45, 2.75) is 52.0 Å². The van der Waals surface area contributed by atoms with E-state index in [-0.39, 0.29) is 22.6 Å². The molecule has 2 heterocycles. The Kier molecular flexibility index (Phi) is 8.01. The first-order chi connectivity index (χ1) is 15.7. The van der Waals surface area contributed by atoms with Crippen molar-refractivity contribution in [3.05, 3.63) is 35.2 Å². The van der Waals surface area contributed by atoms with E-state index in [9.17, 15) is 13.2 Å². The lowest BCUT2D eigenvalue weighted by molar-refractivity contribution is -0.126. The van der Waals surface area contributed by atoms with Gasteiger partial charge in [-0.2, -0.15) is 4.31 Å². The summed E-state index contributed by atoms with van der Waals surface area (Å²) in [5.41, 5.74) is 1.28. The van der Waals surface area contributed by atoms with Crippen LogP contribution in [0.2, 0.25) is 0 Å². The number of hydrogen-bond acceptors (Lipinski definition) is 7. The van der Waals surface area contributed by atoms with Crippen molar-refractivity contribution < 1.29 is 27.2 Å². The van der Waals surface area contributed by atoms with Gasteiger partial charge in [0.15, 0.2) is 17.3 Å². The van der Waals surface area contributed by atoms with Gasteiger partial charge in [0.1, 0.15) is 10.6 Å². The standard InChI is InChI=1S/C23H33N3O6S/c1-6-31-20-8-7-18(13-21(20)30-5)14-24-23(27)15(2)19-9-11-26(12-10-19)33(28,29)22-16(3)25-32-17(22)4/h7-8,13,15,19H,6,9-12,14H2,1-5H3,(H,24,27)/t15-/m1/s1. The first-order valence-corrected chi connectivity index (χ1v) is 12.6. The van der Waals surface area contributed by atoms with Gasteiger partial charge in [-0.3, -0.25) is 4.79 Å². The minimum atomic E-state index is -3.66. The maximum atomic E-state index is 13.0. The Morgan fingerprint density at radius 3 is 2.55 bits per heavy atom. The third-order valence-corrected chi connectivity index (χ3v) is 8.32. The number of piperidine rings is 1. The summed E-state index contributed by atoms with van der Waals surface area (Å²) in [5.74, 6) is 1.43. The maximum absolute atomic E-state index is 13.0. The van der Waals surface area contributed by atoms with Gasteiger partial charge in [0.25, 0.3) is 0 Å². The predicted octanol–water partition coefficient (Wildman–Crippen LogP) is 3.05. The van der Waals surface area contributed by atoms with Gasteiger partial charge in [0.2, 0.25) is 15.9 Å². The van der Waals surface area contributed by atoms with Gasteiger partial charge in [0, 0.05) is 25.6 Å². The summed E-state index contributed by atoms with van der Waals surface area (Å²) in [4.78, 5) is 12.9. The molecular weight excluding hydrogens is 446 g/mol. The number of nitrogens with zero attached hydrogens (tertiary/aromatic N) is 2. The zero-order valence-corrected chi connectivity index (χ0v) is 20.7. The van der Waals surface area contributed by atoms with E-state index in [4.69, 9.17) is 14.0 Å². The van der Waals surface area contributed by atoms with Gasteiger partial charge in [-0.1, -0.05) is 18.1 Å². The molecule has 0 spiro atoms. The van der Waals surface area contributed by atoms with Crippen LogP contribution in [0.15, 0.2) is 27.6 Å². The Morgan fingerprint density at radius 2 is 1.97 bits per heavy atom. The van der Waals surface area contributed by atoms with Crippen LogP contribution in [0.1, 0.15) is 43.7 Å². The van der Waals surface area contributed by atoms with E-state index in [1.165, 1.54) is 4.31 Å². The second-order valence-electron chi connectivity index (χ2n) is 8.32. The summed E-state index contributed by atoms with van der Waals surface area (Å²) >= 11 is 0. The smallest absolute Gasteiger partial charge is 0.248 e. The van der Waals surface area contributed by atoms with Gasteiger partial charge < -0.3 is 19.3 Å². The van der Waals surface area contributed by atoms with Crippen LogP contribution in [0.5, 0.6) is 11.5 Å². The first-order valence-electron chi connectivity index (χ1n) is 11.2. The quantitative estimate of drug-likeness (QED) is 0.588. The van der Waals surface area contributed by atoms with Gasteiger partial charge in [-0.05, 0) is 57.2 Å². The van der Waals surface area contributed by atoms with Crippen molar-refractivity contribution in [3.8, 4) is 11.5 Å². The van der Waals surface area contributed by atoms with Gasteiger partial charge in [-0.25, -0.2) is 8.42 Å². The number of benzene rings is 1. The van der Waals surface area contributed by atoms with E-state index in [0.29, 0.717) is 62.0 Å². The molecule has 1 atom stereocenters. The maximum Gasteiger partial charge on any atom is 0.248 e. The number of carbonyl (C=O) groups excluding carboxylic acids is 1. The van der Waals surface area contributed by atoms with Crippen LogP contribution >= 0.6 is 0 Å². The molecule has 0 saturated carbocycles. The van der Waals surface area contributed by atoms with Crippen LogP contribution < -0.4 is 14.8 Å². The number of carbonyl (C=O) groups is 1. The molecule has 0 bridgehead atoms. The highest BCUT2D eigenvalue weighted by Crippen LogP contribution is 2.31. The molecule has 1 aromatic heterocycles. The highest BCUT2D eigenvalue weighted by atomic mass is 32.2. The summed E-state index contributed by atoms with van der Waals surface area (Å²) in [6.07, 6.45) is 1.24. The average Bonchev–Trinajstić information content (AvgIpc) is 3.16. The Morgan fingerprint density at radius 1 is 1.27 bits per heavy atom. The van der Waals surface area contributed by atoms with Crippen LogP contribution in [-0.2, 0) is 21.4 Å². The van der Waals surface area contributed by atoms with Crippen molar-refractivity contribution in [2.24, 2.45) is 11.8 Å². The molecule has 3 rings (SSSR count). The lowest BCUT2D eigenvalue weighted by Crippen LogP contribution is -2.42. The van der Waals surface area contributed by atoms with E-state index in [1.807, 2.05) is 32.0 Å². The largest absolute Gasteiger partial charge is 0.493 e. The molecule has 1 fully saturated rings. The van der Waals surface area contributed by atoms with Crippen molar-refractivity contribution in [2.75, 3.05) is 26.8 Å². The minimum absolute atomic E-state index is 0.0464. The number of nitrogens with one attached hydrogen (secondary N) is 1. The van der Waals surface area contributed by atoms with Gasteiger partial charge in [0.05, 0.1) is 13.7 Å². The number of hydrogen-bond donors (Lipinski definition) is 1. The number of ether oxygens (including phenoxy) is 2. The monoisotopic (exact) mass is 479 g/mol. The Bertz CT molecular complexity index is 1050. The molecule has 2 aromatic rings. The van der Waals surface area contributed by atoms with Crippen LogP contribution in [0.4, 0.5) is 0 Å².